The highest BCUT2D eigenvalue weighted by Gasteiger charge is 2.38. The highest BCUT2D eigenvalue weighted by Crippen LogP contribution is 2.29. The summed E-state index contributed by atoms with van der Waals surface area (Å²) in [5, 5.41) is 17.2. The van der Waals surface area contributed by atoms with Gasteiger partial charge in [0.2, 0.25) is 0 Å². The van der Waals surface area contributed by atoms with Crippen LogP contribution in [0.2, 0.25) is 10.0 Å². The number of sulfonamides is 1. The molecule has 0 unspecified atom stereocenters. The van der Waals surface area contributed by atoms with Gasteiger partial charge in [0, 0.05) is 18.8 Å². The molecule has 2 aromatic carbocycles. The number of benzene rings is 2. The Morgan fingerprint density at radius 2 is 1.44 bits per heavy atom. The van der Waals surface area contributed by atoms with E-state index in [1.54, 1.807) is 12.1 Å². The highest BCUT2D eigenvalue weighted by molar-refractivity contribution is 7.92. The van der Waals surface area contributed by atoms with Crippen molar-refractivity contribution in [2.75, 3.05) is 22.7 Å². The number of alkyl halides is 3. The number of nitrogens with one attached hydrogen (secondary N) is 1. The predicted molar refractivity (Wildman–Crippen MR) is 130 cm³/mol. The molecule has 0 saturated carbocycles. The lowest BCUT2D eigenvalue weighted by Crippen LogP contribution is -2.28. The molecule has 0 spiro atoms. The molecule has 3 rings (SSSR count). The van der Waals surface area contributed by atoms with Gasteiger partial charge in [0.25, 0.3) is 10.0 Å². The summed E-state index contributed by atoms with van der Waals surface area (Å²) >= 11 is 11.8. The lowest BCUT2D eigenvalue weighted by atomic mass is 10.1. The van der Waals surface area contributed by atoms with E-state index in [2.05, 4.69) is 9.62 Å². The molecule has 1 heterocycles. The number of hydrogen-bond acceptors (Lipinski definition) is 5. The van der Waals surface area contributed by atoms with E-state index in [0.29, 0.717) is 5.69 Å². The normalized spacial score (nSPS) is 14.6. The van der Waals surface area contributed by atoms with Crippen LogP contribution < -0.4 is 9.62 Å². The second-order valence-corrected chi connectivity index (χ2v) is 10.3. The maximum Gasteiger partial charge on any atom is 0.490 e. The van der Waals surface area contributed by atoms with Gasteiger partial charge in [0.1, 0.15) is 0 Å². The molecule has 3 N–H and O–H groups in total. The molecular weight excluding hydrogens is 548 g/mol. The van der Waals surface area contributed by atoms with Crippen molar-refractivity contribution in [1.29, 1.82) is 0 Å². The van der Waals surface area contributed by atoms with Crippen LogP contribution in [-0.4, -0.2) is 49.8 Å². The first-order valence-corrected chi connectivity index (χ1v) is 12.9. The maximum absolute atomic E-state index is 12.6. The number of nitrogens with zero attached hydrogens (tertiary/aromatic N) is 1. The Hall–Kier alpha value is -2.70. The van der Waals surface area contributed by atoms with Crippen LogP contribution in [0.5, 0.6) is 0 Å². The third kappa shape index (κ3) is 8.45. The fourth-order valence-electron chi connectivity index (χ4n) is 3.39. The second-order valence-electron chi connectivity index (χ2n) is 7.78. The summed E-state index contributed by atoms with van der Waals surface area (Å²) in [7, 11) is -3.94. The Balaban J connectivity index is 0.000000572. The van der Waals surface area contributed by atoms with Crippen molar-refractivity contribution in [2.45, 2.75) is 43.2 Å². The Labute approximate surface area is 215 Å². The Morgan fingerprint density at radius 3 is 1.94 bits per heavy atom. The molecule has 0 amide bonds. The summed E-state index contributed by atoms with van der Waals surface area (Å²) in [5.41, 5.74) is 0.848. The first kappa shape index (κ1) is 29.5. The third-order valence-corrected chi connectivity index (χ3v) is 7.24. The Kier molecular flexibility index (Phi) is 10.3. The number of hydrogen-bond donors (Lipinski definition) is 3. The predicted octanol–water partition coefficient (Wildman–Crippen LogP) is 5.90. The minimum atomic E-state index is -5.08. The van der Waals surface area contributed by atoms with Gasteiger partial charge in [0.05, 0.1) is 26.2 Å². The highest BCUT2D eigenvalue weighted by atomic mass is 35.5. The van der Waals surface area contributed by atoms with Gasteiger partial charge in [-0.1, -0.05) is 42.5 Å². The van der Waals surface area contributed by atoms with Crippen molar-refractivity contribution in [3.8, 4) is 0 Å². The molecule has 36 heavy (non-hydrogen) atoms. The van der Waals surface area contributed by atoms with E-state index in [-0.39, 0.29) is 26.2 Å². The van der Waals surface area contributed by atoms with E-state index in [4.69, 9.17) is 33.1 Å². The van der Waals surface area contributed by atoms with E-state index < -0.39 is 28.1 Å². The molecule has 198 valence electrons. The molecule has 0 aromatic heterocycles. The smallest absolute Gasteiger partial charge is 0.478 e. The molecule has 0 atom stereocenters. The average molecular weight is 571 g/mol. The van der Waals surface area contributed by atoms with Crippen LogP contribution in [0.15, 0.2) is 41.3 Å². The minimum absolute atomic E-state index is 0.0587. The Bertz CT molecular complexity index is 1200. The fraction of sp³-hybridized carbons (Fsp3) is 0.364. The molecule has 2 aromatic rings. The summed E-state index contributed by atoms with van der Waals surface area (Å²) in [4.78, 5) is 22.8. The van der Waals surface area contributed by atoms with Gasteiger partial charge < -0.3 is 15.1 Å². The van der Waals surface area contributed by atoms with E-state index in [0.717, 1.165) is 38.8 Å². The number of carbonyl (C=O) groups is 2. The monoisotopic (exact) mass is 570 g/mol. The summed E-state index contributed by atoms with van der Waals surface area (Å²) in [6.07, 6.45) is 0.380. The molecule has 1 saturated heterocycles. The van der Waals surface area contributed by atoms with Crippen molar-refractivity contribution in [3.05, 3.63) is 52.0 Å². The fourth-order valence-corrected chi connectivity index (χ4v) is 4.83. The third-order valence-electron chi connectivity index (χ3n) is 5.12. The quantitative estimate of drug-likeness (QED) is 0.409. The molecule has 0 aliphatic carbocycles. The van der Waals surface area contributed by atoms with Crippen molar-refractivity contribution >= 4 is 56.5 Å². The largest absolute Gasteiger partial charge is 0.490 e. The average Bonchev–Trinajstić information content (AvgIpc) is 2.75. The van der Waals surface area contributed by atoms with Gasteiger partial charge in [-0.3, -0.25) is 4.72 Å². The van der Waals surface area contributed by atoms with Crippen LogP contribution in [0.25, 0.3) is 0 Å². The Morgan fingerprint density at radius 1 is 0.889 bits per heavy atom. The van der Waals surface area contributed by atoms with E-state index in [1.165, 1.54) is 30.7 Å². The summed E-state index contributed by atoms with van der Waals surface area (Å²) in [5.74, 6) is -3.86. The number of carboxylic acids is 2. The van der Waals surface area contributed by atoms with Crippen molar-refractivity contribution in [2.24, 2.45) is 0 Å². The molecule has 8 nitrogen and oxygen atoms in total. The van der Waals surface area contributed by atoms with Gasteiger partial charge in [-0.25, -0.2) is 18.0 Å². The van der Waals surface area contributed by atoms with Gasteiger partial charge in [-0.2, -0.15) is 13.2 Å². The van der Waals surface area contributed by atoms with Gasteiger partial charge >= 0.3 is 18.1 Å². The van der Waals surface area contributed by atoms with Gasteiger partial charge in [0.15, 0.2) is 0 Å². The molecule has 1 fully saturated rings. The zero-order chi connectivity index (χ0) is 27.1. The summed E-state index contributed by atoms with van der Waals surface area (Å²) < 4.78 is 59.4. The minimum Gasteiger partial charge on any atom is -0.478 e. The second kappa shape index (κ2) is 12.5. The van der Waals surface area contributed by atoms with Crippen LogP contribution in [0.3, 0.4) is 0 Å². The van der Waals surface area contributed by atoms with Crippen LogP contribution in [0, 0.1) is 0 Å². The van der Waals surface area contributed by atoms with Crippen LogP contribution in [0.1, 0.15) is 42.5 Å². The number of rotatable bonds is 5. The van der Waals surface area contributed by atoms with Gasteiger partial charge in [-0.15, -0.1) is 0 Å². The standard InChI is InChI=1S/C20H22Cl2N2O4S.C2HF3O2/c21-17-8-7-15(13-18(17)22)29(27,28)23-14-6-9-19(16(12-14)20(25)26)24-10-4-2-1-3-5-11-24;3-2(4,5)1(6)7/h6-9,12-13,23H,1-5,10-11H2,(H,25,26);(H,6,7). The lowest BCUT2D eigenvalue weighted by molar-refractivity contribution is -0.192. The van der Waals surface area contributed by atoms with Crippen molar-refractivity contribution < 1.29 is 41.4 Å². The number of halogens is 5. The first-order valence-electron chi connectivity index (χ1n) is 10.6. The zero-order valence-corrected chi connectivity index (χ0v) is 21.0. The van der Waals surface area contributed by atoms with E-state index in [9.17, 15) is 31.5 Å². The van der Waals surface area contributed by atoms with Gasteiger partial charge in [-0.05, 0) is 49.2 Å². The zero-order valence-electron chi connectivity index (χ0n) is 18.7. The van der Waals surface area contributed by atoms with Crippen LogP contribution in [-0.2, 0) is 14.8 Å². The number of aromatic carboxylic acids is 1. The summed E-state index contributed by atoms with van der Waals surface area (Å²) in [6.45, 7) is 1.57. The molecule has 14 heteroatoms. The van der Waals surface area contributed by atoms with Crippen molar-refractivity contribution in [1.82, 2.24) is 0 Å². The van der Waals surface area contributed by atoms with E-state index >= 15 is 0 Å². The topological polar surface area (TPSA) is 124 Å². The molecule has 1 aliphatic rings. The number of aliphatic carboxylic acids is 1. The molecular formula is C22H23Cl2F3N2O6S. The molecule has 1 aliphatic heterocycles. The molecule has 0 bridgehead atoms. The number of carboxylic acid groups (broad SMARTS) is 2. The summed E-state index contributed by atoms with van der Waals surface area (Å²) in [6, 6.07) is 8.58. The van der Waals surface area contributed by atoms with Crippen molar-refractivity contribution in [3.63, 3.8) is 0 Å². The van der Waals surface area contributed by atoms with Crippen LogP contribution >= 0.6 is 23.2 Å². The lowest BCUT2D eigenvalue weighted by Gasteiger charge is -2.28. The number of anilines is 2. The first-order chi connectivity index (χ1) is 16.7. The molecule has 0 radical (unpaired) electrons. The van der Waals surface area contributed by atoms with Crippen LogP contribution in [0.4, 0.5) is 24.5 Å². The SMILES string of the molecule is O=C(O)C(F)(F)F.O=C(O)c1cc(NS(=O)(=O)c2ccc(Cl)c(Cl)c2)ccc1N1CCCCCCC1. The van der Waals surface area contributed by atoms with E-state index in [1.807, 2.05) is 0 Å². The maximum atomic E-state index is 12.6.